The molecule has 0 unspecified atom stereocenters. The van der Waals surface area contributed by atoms with Gasteiger partial charge in [-0.05, 0) is 132 Å². The zero-order valence-electron chi connectivity index (χ0n) is 40.0. The van der Waals surface area contributed by atoms with E-state index in [1.165, 1.54) is 72.0 Å². The first kappa shape index (κ1) is 42.4. The second kappa shape index (κ2) is 17.4. The fraction of sp³-hybridized carbons (Fsp3) is 0.0141. The standard InChI is InChI=1S/C71H47NO/c1-4-18-48(19-5-1)49-34-36-50(37-35-49)52-38-39-54-47-58(45-42-53(54)46-52)72(57-43-40-51(41-44-57)59-27-17-33-68-70(59)63-26-12-15-32-67(63)73-68)66-31-14-11-24-60(66)61-28-16-30-65-69(61)62-25-10-13-29-64(62)71(65,55-20-6-2-7-21-55)56-22-8-3-9-23-56/h1-47H. The molecule has 1 heterocycles. The third-order valence-electron chi connectivity index (χ3n) is 15.2. The van der Waals surface area contributed by atoms with Crippen molar-refractivity contribution in [3.63, 3.8) is 0 Å². The molecule has 13 aromatic rings. The monoisotopic (exact) mass is 929 g/mol. The fourth-order valence-corrected chi connectivity index (χ4v) is 11.9. The van der Waals surface area contributed by atoms with Gasteiger partial charge < -0.3 is 9.32 Å². The van der Waals surface area contributed by atoms with Gasteiger partial charge in [-0.15, -0.1) is 0 Å². The SMILES string of the molecule is c1ccc(-c2ccc(-c3ccc4cc(N(c5ccc(-c6cccc7oc8ccccc8c67)cc5)c5ccccc5-c5cccc6c5-c5ccccc5C6(c5ccccc5)c5ccccc5)ccc4c3)cc2)cc1. The zero-order chi connectivity index (χ0) is 48.3. The molecule has 2 heteroatoms. The van der Waals surface area contributed by atoms with Crippen molar-refractivity contribution in [1.82, 2.24) is 0 Å². The molecule has 0 amide bonds. The van der Waals surface area contributed by atoms with Crippen LogP contribution in [0.15, 0.2) is 290 Å². The van der Waals surface area contributed by atoms with Crippen LogP contribution in [0.1, 0.15) is 22.3 Å². The van der Waals surface area contributed by atoms with Gasteiger partial charge in [-0.2, -0.15) is 0 Å². The summed E-state index contributed by atoms with van der Waals surface area (Å²) < 4.78 is 6.34. The number of anilines is 3. The van der Waals surface area contributed by atoms with Crippen molar-refractivity contribution in [2.75, 3.05) is 4.90 Å². The molecule has 1 aliphatic carbocycles. The van der Waals surface area contributed by atoms with Crippen LogP contribution >= 0.6 is 0 Å². The summed E-state index contributed by atoms with van der Waals surface area (Å²) in [5.74, 6) is 0. The van der Waals surface area contributed by atoms with Crippen LogP contribution in [0.3, 0.4) is 0 Å². The molecule has 0 aliphatic heterocycles. The van der Waals surface area contributed by atoms with Gasteiger partial charge in [-0.1, -0.05) is 237 Å². The Morgan fingerprint density at radius 2 is 0.808 bits per heavy atom. The summed E-state index contributed by atoms with van der Waals surface area (Å²) in [7, 11) is 0. The number of nitrogens with zero attached hydrogens (tertiary/aromatic N) is 1. The second-order valence-electron chi connectivity index (χ2n) is 19.1. The highest BCUT2D eigenvalue weighted by Gasteiger charge is 2.47. The van der Waals surface area contributed by atoms with Gasteiger partial charge in [0.25, 0.3) is 0 Å². The van der Waals surface area contributed by atoms with Gasteiger partial charge >= 0.3 is 0 Å². The molecule has 0 fully saturated rings. The van der Waals surface area contributed by atoms with Crippen molar-refractivity contribution in [2.45, 2.75) is 5.41 Å². The number of furan rings is 1. The van der Waals surface area contributed by atoms with E-state index in [1.54, 1.807) is 0 Å². The van der Waals surface area contributed by atoms with Crippen molar-refractivity contribution in [2.24, 2.45) is 0 Å². The minimum absolute atomic E-state index is 0.515. The maximum atomic E-state index is 6.34. The molecule has 0 N–H and O–H groups in total. The van der Waals surface area contributed by atoms with Crippen LogP contribution in [0.2, 0.25) is 0 Å². The van der Waals surface area contributed by atoms with E-state index in [-0.39, 0.29) is 0 Å². The van der Waals surface area contributed by atoms with Gasteiger partial charge in [-0.3, -0.25) is 0 Å². The van der Waals surface area contributed by atoms with Gasteiger partial charge in [0.05, 0.1) is 11.1 Å². The molecule has 0 spiro atoms. The molecule has 2 nitrogen and oxygen atoms in total. The molecular weight excluding hydrogens is 883 g/mol. The number of fused-ring (bicyclic) bond motifs is 7. The summed E-state index contributed by atoms with van der Waals surface area (Å²) in [6, 6.07) is 104. The largest absolute Gasteiger partial charge is 0.456 e. The van der Waals surface area contributed by atoms with Gasteiger partial charge in [0.1, 0.15) is 11.2 Å². The molecule has 0 saturated carbocycles. The highest BCUT2D eigenvalue weighted by Crippen LogP contribution is 2.59. The number of para-hydroxylation sites is 2. The average Bonchev–Trinajstić information content (AvgIpc) is 4.02. The van der Waals surface area contributed by atoms with Crippen LogP contribution in [0.4, 0.5) is 17.1 Å². The lowest BCUT2D eigenvalue weighted by molar-refractivity contribution is 0.669. The van der Waals surface area contributed by atoms with Gasteiger partial charge in [0, 0.05) is 27.7 Å². The lowest BCUT2D eigenvalue weighted by Crippen LogP contribution is -2.28. The first-order valence-electron chi connectivity index (χ1n) is 25.2. The van der Waals surface area contributed by atoms with Crippen LogP contribution < -0.4 is 4.90 Å². The Bertz CT molecular complexity index is 4130. The topological polar surface area (TPSA) is 16.4 Å². The highest BCUT2D eigenvalue weighted by atomic mass is 16.3. The summed E-state index contributed by atoms with van der Waals surface area (Å²) in [5.41, 5.74) is 21.5. The molecule has 12 aromatic carbocycles. The molecule has 0 atom stereocenters. The molecule has 342 valence electrons. The van der Waals surface area contributed by atoms with E-state index in [4.69, 9.17) is 4.42 Å². The van der Waals surface area contributed by atoms with E-state index < -0.39 is 5.41 Å². The molecule has 0 saturated heterocycles. The molecule has 73 heavy (non-hydrogen) atoms. The van der Waals surface area contributed by atoms with Gasteiger partial charge in [0.15, 0.2) is 0 Å². The van der Waals surface area contributed by atoms with Crippen molar-refractivity contribution in [3.05, 3.63) is 307 Å². The Balaban J connectivity index is 0.939. The summed E-state index contributed by atoms with van der Waals surface area (Å²) in [6.07, 6.45) is 0. The normalized spacial score (nSPS) is 12.5. The van der Waals surface area contributed by atoms with E-state index >= 15 is 0 Å². The number of rotatable bonds is 9. The Morgan fingerprint density at radius 3 is 1.58 bits per heavy atom. The number of hydrogen-bond acceptors (Lipinski definition) is 2. The van der Waals surface area contributed by atoms with Crippen molar-refractivity contribution < 1.29 is 4.42 Å². The van der Waals surface area contributed by atoms with Crippen LogP contribution in [-0.4, -0.2) is 0 Å². The molecule has 0 radical (unpaired) electrons. The summed E-state index contributed by atoms with van der Waals surface area (Å²) >= 11 is 0. The Labute approximate surface area is 425 Å². The van der Waals surface area contributed by atoms with Gasteiger partial charge in [-0.25, -0.2) is 0 Å². The number of benzene rings is 12. The first-order valence-corrected chi connectivity index (χ1v) is 25.2. The Morgan fingerprint density at radius 1 is 0.301 bits per heavy atom. The molecule has 1 aliphatic rings. The quantitative estimate of drug-likeness (QED) is 0.143. The summed E-state index contributed by atoms with van der Waals surface area (Å²) in [5, 5.41) is 4.61. The van der Waals surface area contributed by atoms with E-state index in [0.717, 1.165) is 55.7 Å². The van der Waals surface area contributed by atoms with Crippen LogP contribution in [0, 0.1) is 0 Å². The minimum atomic E-state index is -0.515. The Kier molecular flexibility index (Phi) is 10.1. The van der Waals surface area contributed by atoms with E-state index in [1.807, 2.05) is 6.07 Å². The molecule has 0 bridgehead atoms. The highest BCUT2D eigenvalue weighted by molar-refractivity contribution is 6.12. The predicted octanol–water partition coefficient (Wildman–Crippen LogP) is 19.2. The smallest absolute Gasteiger partial charge is 0.136 e. The van der Waals surface area contributed by atoms with Crippen LogP contribution in [0.25, 0.3) is 88.3 Å². The average molecular weight is 930 g/mol. The number of hydrogen-bond donors (Lipinski definition) is 0. The minimum Gasteiger partial charge on any atom is -0.456 e. The first-order chi connectivity index (χ1) is 36.2. The van der Waals surface area contributed by atoms with Crippen molar-refractivity contribution in [1.29, 1.82) is 0 Å². The van der Waals surface area contributed by atoms with Crippen LogP contribution in [0.5, 0.6) is 0 Å². The van der Waals surface area contributed by atoms with E-state index in [0.29, 0.717) is 0 Å². The third-order valence-corrected chi connectivity index (χ3v) is 15.2. The fourth-order valence-electron chi connectivity index (χ4n) is 11.9. The molecule has 1 aromatic heterocycles. The predicted molar refractivity (Wildman–Crippen MR) is 305 cm³/mol. The Hall–Kier alpha value is -9.50. The van der Waals surface area contributed by atoms with E-state index in [9.17, 15) is 0 Å². The maximum Gasteiger partial charge on any atom is 0.136 e. The summed E-state index contributed by atoms with van der Waals surface area (Å²) in [6.45, 7) is 0. The van der Waals surface area contributed by atoms with E-state index in [2.05, 4.69) is 284 Å². The second-order valence-corrected chi connectivity index (χ2v) is 19.1. The molecular formula is C71H47NO. The third kappa shape index (κ3) is 6.94. The van der Waals surface area contributed by atoms with Crippen molar-refractivity contribution >= 4 is 49.8 Å². The van der Waals surface area contributed by atoms with Gasteiger partial charge in [0.2, 0.25) is 0 Å². The zero-order valence-corrected chi connectivity index (χ0v) is 40.0. The van der Waals surface area contributed by atoms with Crippen molar-refractivity contribution in [3.8, 4) is 55.6 Å². The lowest BCUT2D eigenvalue weighted by atomic mass is 9.67. The summed E-state index contributed by atoms with van der Waals surface area (Å²) in [4.78, 5) is 2.45. The molecule has 14 rings (SSSR count). The van der Waals surface area contributed by atoms with Crippen LogP contribution in [-0.2, 0) is 5.41 Å². The lowest BCUT2D eigenvalue weighted by Gasteiger charge is -2.34. The maximum absolute atomic E-state index is 6.34.